The molecule has 0 rings (SSSR count). The second-order valence-electron chi connectivity index (χ2n) is 13.4. The Morgan fingerprint density at radius 1 is 0.667 bits per heavy atom. The number of ether oxygens (including phenoxy) is 2. The van der Waals surface area contributed by atoms with Crippen LogP contribution in [0.2, 0.25) is 0 Å². The van der Waals surface area contributed by atoms with Crippen molar-refractivity contribution >= 4 is 19.8 Å². The van der Waals surface area contributed by atoms with Crippen LogP contribution in [-0.4, -0.2) is 76.6 Å². The summed E-state index contributed by atoms with van der Waals surface area (Å²) >= 11 is 0. The highest BCUT2D eigenvalue weighted by Crippen LogP contribution is 2.38. The summed E-state index contributed by atoms with van der Waals surface area (Å²) in [5.41, 5.74) is 5.51. The minimum Gasteiger partial charge on any atom is -0.756 e. The number of carbonyl (C=O) groups excluding carboxylic acids is 2. The van der Waals surface area contributed by atoms with Gasteiger partial charge in [-0.25, -0.2) is 0 Å². The maximum Gasteiger partial charge on any atom is 0.306 e. The van der Waals surface area contributed by atoms with Gasteiger partial charge in [-0.1, -0.05) is 116 Å². The first-order valence-electron chi connectivity index (χ1n) is 17.9. The zero-order valence-electron chi connectivity index (χ0n) is 29.4. The molecule has 0 aromatic carbocycles. The Morgan fingerprint density at radius 2 is 1.11 bits per heavy atom. The normalized spacial score (nSPS) is 13.8. The fourth-order valence-corrected chi connectivity index (χ4v) is 5.57. The van der Waals surface area contributed by atoms with Crippen molar-refractivity contribution in [2.24, 2.45) is 5.73 Å². The predicted molar refractivity (Wildman–Crippen MR) is 180 cm³/mol. The molecule has 0 fully saturated rings. The fraction of sp³-hybridized carbons (Fsp3) is 0.941. The van der Waals surface area contributed by atoms with E-state index in [1.165, 1.54) is 77.0 Å². The molecule has 1 unspecified atom stereocenters. The van der Waals surface area contributed by atoms with E-state index in [0.717, 1.165) is 44.9 Å². The lowest BCUT2D eigenvalue weighted by Gasteiger charge is -2.28. The highest BCUT2D eigenvalue weighted by molar-refractivity contribution is 7.45. The number of phosphoric ester groups is 1. The maximum absolute atomic E-state index is 12.4. The number of quaternary nitrogens is 1. The summed E-state index contributed by atoms with van der Waals surface area (Å²) in [7, 11) is 1.15. The van der Waals surface area contributed by atoms with E-state index in [1.807, 2.05) is 21.1 Å². The lowest BCUT2D eigenvalue weighted by Crippen LogP contribution is -2.37. The number of unbranched alkanes of at least 4 members (excludes halogenated alkanes) is 18. The molecule has 2 atom stereocenters. The highest BCUT2D eigenvalue weighted by Gasteiger charge is 2.21. The Bertz CT molecular complexity index is 763. The lowest BCUT2D eigenvalue weighted by atomic mass is 10.0. The Hall–Kier alpha value is -1.03. The molecule has 11 heteroatoms. The van der Waals surface area contributed by atoms with Gasteiger partial charge in [-0.05, 0) is 25.8 Å². The molecule has 0 heterocycles. The molecule has 0 aliphatic rings. The van der Waals surface area contributed by atoms with Crippen LogP contribution >= 0.6 is 7.82 Å². The maximum atomic E-state index is 12.4. The molecule has 268 valence electrons. The molecule has 0 bridgehead atoms. The third kappa shape index (κ3) is 32.7. The van der Waals surface area contributed by atoms with E-state index in [2.05, 4.69) is 6.92 Å². The summed E-state index contributed by atoms with van der Waals surface area (Å²) in [6.07, 6.45) is 22.6. The van der Waals surface area contributed by atoms with Gasteiger partial charge >= 0.3 is 11.9 Å². The smallest absolute Gasteiger partial charge is 0.306 e. The molecule has 0 saturated heterocycles. The van der Waals surface area contributed by atoms with E-state index in [1.54, 1.807) is 0 Å². The van der Waals surface area contributed by atoms with Crippen LogP contribution < -0.4 is 10.6 Å². The van der Waals surface area contributed by atoms with Crippen LogP contribution in [0.4, 0.5) is 0 Å². The van der Waals surface area contributed by atoms with Crippen LogP contribution in [0.3, 0.4) is 0 Å². The first kappa shape index (κ1) is 44.0. The van der Waals surface area contributed by atoms with Crippen LogP contribution in [0.5, 0.6) is 0 Å². The SMILES string of the molecule is CCCCCCCCCCCCCCCCCC(=O)OC[C@H](COP(=O)([O-])OCC[N+](C)(C)C)OC(=O)CCCCCCCN. The number of phosphoric acid groups is 1. The van der Waals surface area contributed by atoms with Crippen molar-refractivity contribution in [2.45, 2.75) is 154 Å². The van der Waals surface area contributed by atoms with Crippen molar-refractivity contribution in [3.8, 4) is 0 Å². The van der Waals surface area contributed by atoms with Gasteiger partial charge in [0, 0.05) is 12.8 Å². The lowest BCUT2D eigenvalue weighted by molar-refractivity contribution is -0.870. The predicted octanol–water partition coefficient (Wildman–Crippen LogP) is 7.21. The molecule has 0 radical (unpaired) electrons. The standard InChI is InChI=1S/C34H69N2O8P/c1-5-6-7-8-9-10-11-12-13-14-15-16-17-19-22-25-33(37)41-30-32(44-34(38)26-23-20-18-21-24-27-35)31-43-45(39,40)42-29-28-36(2,3)4/h32H,5-31,35H2,1-4H3/t32-/m1/s1. The van der Waals surface area contributed by atoms with Gasteiger partial charge in [0.05, 0.1) is 27.7 Å². The average molecular weight is 665 g/mol. The van der Waals surface area contributed by atoms with Crippen LogP contribution in [0.25, 0.3) is 0 Å². The number of nitrogens with zero attached hydrogens (tertiary/aromatic N) is 1. The third-order valence-electron chi connectivity index (χ3n) is 7.73. The quantitative estimate of drug-likeness (QED) is 0.0334. The number of nitrogens with two attached hydrogens (primary N) is 1. The highest BCUT2D eigenvalue weighted by atomic mass is 31.2. The number of esters is 2. The van der Waals surface area contributed by atoms with Gasteiger partial charge < -0.3 is 33.6 Å². The molecular formula is C34H69N2O8P. The van der Waals surface area contributed by atoms with Crippen LogP contribution in [-0.2, 0) is 32.7 Å². The van der Waals surface area contributed by atoms with E-state index in [9.17, 15) is 19.0 Å². The van der Waals surface area contributed by atoms with E-state index in [4.69, 9.17) is 24.3 Å². The van der Waals surface area contributed by atoms with Gasteiger partial charge in [0.15, 0.2) is 6.10 Å². The van der Waals surface area contributed by atoms with Crippen molar-refractivity contribution in [2.75, 3.05) is 54.1 Å². The number of hydrogen-bond donors (Lipinski definition) is 1. The van der Waals surface area contributed by atoms with E-state index in [-0.39, 0.29) is 26.1 Å². The minimum atomic E-state index is -4.61. The zero-order chi connectivity index (χ0) is 33.7. The van der Waals surface area contributed by atoms with Gasteiger partial charge in [0.25, 0.3) is 7.82 Å². The van der Waals surface area contributed by atoms with Gasteiger partial charge in [-0.3, -0.25) is 14.2 Å². The van der Waals surface area contributed by atoms with E-state index < -0.39 is 32.5 Å². The van der Waals surface area contributed by atoms with E-state index >= 15 is 0 Å². The second kappa shape index (κ2) is 29.1. The third-order valence-corrected chi connectivity index (χ3v) is 8.69. The van der Waals surface area contributed by atoms with Crippen molar-refractivity contribution in [1.29, 1.82) is 0 Å². The molecule has 10 nitrogen and oxygen atoms in total. The molecule has 0 aromatic rings. The summed E-state index contributed by atoms with van der Waals surface area (Å²) in [6, 6.07) is 0. The van der Waals surface area contributed by atoms with Gasteiger partial charge in [-0.2, -0.15) is 0 Å². The summed E-state index contributed by atoms with van der Waals surface area (Å²) < 4.78 is 33.5. The monoisotopic (exact) mass is 664 g/mol. The minimum absolute atomic E-state index is 0.0346. The molecule has 0 aliphatic heterocycles. The van der Waals surface area contributed by atoms with Gasteiger partial charge in [0.1, 0.15) is 19.8 Å². The molecule has 0 aromatic heterocycles. The summed E-state index contributed by atoms with van der Waals surface area (Å²) in [4.78, 5) is 37.0. The average Bonchev–Trinajstić information content (AvgIpc) is 2.97. The van der Waals surface area contributed by atoms with Gasteiger partial charge in [0.2, 0.25) is 0 Å². The van der Waals surface area contributed by atoms with Crippen LogP contribution in [0, 0.1) is 0 Å². The topological polar surface area (TPSA) is 137 Å². The van der Waals surface area contributed by atoms with Crippen molar-refractivity contribution in [1.82, 2.24) is 0 Å². The summed E-state index contributed by atoms with van der Waals surface area (Å²) in [6.45, 7) is 2.61. The van der Waals surface area contributed by atoms with Crippen molar-refractivity contribution in [3.05, 3.63) is 0 Å². The summed E-state index contributed by atoms with van der Waals surface area (Å²) in [5.74, 6) is -0.872. The Kier molecular flexibility index (Phi) is 28.5. The number of hydrogen-bond acceptors (Lipinski definition) is 9. The first-order valence-corrected chi connectivity index (χ1v) is 19.4. The number of likely N-dealkylation sites (N-methyl/N-ethyl adjacent to an activating group) is 1. The van der Waals surface area contributed by atoms with Crippen LogP contribution in [0.15, 0.2) is 0 Å². The van der Waals surface area contributed by atoms with Crippen molar-refractivity contribution < 1.29 is 42.1 Å². The molecule has 0 amide bonds. The second-order valence-corrected chi connectivity index (χ2v) is 14.8. The zero-order valence-corrected chi connectivity index (χ0v) is 30.3. The largest absolute Gasteiger partial charge is 0.756 e. The Morgan fingerprint density at radius 3 is 1.58 bits per heavy atom. The van der Waals surface area contributed by atoms with Crippen molar-refractivity contribution in [3.63, 3.8) is 0 Å². The Labute approximate surface area is 275 Å². The molecule has 0 saturated carbocycles. The van der Waals surface area contributed by atoms with Crippen LogP contribution in [0.1, 0.15) is 148 Å². The first-order chi connectivity index (χ1) is 21.5. The summed E-state index contributed by atoms with van der Waals surface area (Å²) in [5, 5.41) is 0. The molecule has 0 spiro atoms. The molecule has 0 aliphatic carbocycles. The van der Waals surface area contributed by atoms with E-state index in [0.29, 0.717) is 24.0 Å². The van der Waals surface area contributed by atoms with Gasteiger partial charge in [-0.15, -0.1) is 0 Å². The number of rotatable bonds is 33. The molecule has 2 N–H and O–H groups in total. The fourth-order valence-electron chi connectivity index (χ4n) is 4.84. The Balaban J connectivity index is 4.29. The number of carbonyl (C=O) groups is 2. The molecule has 45 heavy (non-hydrogen) atoms. The molecular weight excluding hydrogens is 595 g/mol.